The van der Waals surface area contributed by atoms with E-state index < -0.39 is 17.7 Å². The Morgan fingerprint density at radius 1 is 1.29 bits per heavy atom. The highest BCUT2D eigenvalue weighted by atomic mass is 79.9. The van der Waals surface area contributed by atoms with E-state index in [2.05, 4.69) is 15.9 Å². The van der Waals surface area contributed by atoms with Crippen LogP contribution in [0.2, 0.25) is 0 Å². The fraction of sp³-hybridized carbons (Fsp3) is 0.0909. The zero-order valence-electron chi connectivity index (χ0n) is 8.59. The highest BCUT2D eigenvalue weighted by molar-refractivity contribution is 9.08. The zero-order valence-corrected chi connectivity index (χ0v) is 10.2. The minimum absolute atomic E-state index is 0.305. The molecule has 0 aliphatic heterocycles. The van der Waals surface area contributed by atoms with Crippen molar-refractivity contribution in [1.82, 2.24) is 0 Å². The molecule has 0 atom stereocenters. The van der Waals surface area contributed by atoms with Crippen LogP contribution in [-0.2, 0) is 14.9 Å². The van der Waals surface area contributed by atoms with Crippen LogP contribution in [0.4, 0.5) is 0 Å². The Balaban J connectivity index is 3.02. The fourth-order valence-electron chi connectivity index (χ4n) is 1.08. The first-order valence-corrected chi connectivity index (χ1v) is 5.66. The van der Waals surface area contributed by atoms with Gasteiger partial charge in [0.2, 0.25) is 5.76 Å². The van der Waals surface area contributed by atoms with Crippen LogP contribution in [0.15, 0.2) is 36.1 Å². The van der Waals surface area contributed by atoms with Crippen molar-refractivity contribution in [2.75, 3.05) is 0 Å². The maximum absolute atomic E-state index is 10.8. The average Bonchev–Trinajstić information content (AvgIpc) is 2.28. The maximum Gasteiger partial charge on any atom is 0.372 e. The number of alkyl halides is 1. The van der Waals surface area contributed by atoms with Gasteiger partial charge < -0.3 is 14.9 Å². The molecule has 2 N–H and O–H groups in total. The van der Waals surface area contributed by atoms with E-state index in [1.54, 1.807) is 24.3 Å². The first-order valence-electron chi connectivity index (χ1n) is 4.54. The van der Waals surface area contributed by atoms with Crippen LogP contribution in [0, 0.1) is 0 Å². The lowest BCUT2D eigenvalue weighted by Crippen LogP contribution is -2.10. The smallest absolute Gasteiger partial charge is 0.372 e. The van der Waals surface area contributed by atoms with E-state index >= 15 is 0 Å². The van der Waals surface area contributed by atoms with Gasteiger partial charge in [-0.05, 0) is 6.07 Å². The van der Waals surface area contributed by atoms with E-state index in [-0.39, 0.29) is 0 Å². The quantitative estimate of drug-likeness (QED) is 0.494. The van der Waals surface area contributed by atoms with E-state index in [1.807, 2.05) is 0 Å². The van der Waals surface area contributed by atoms with E-state index in [0.717, 1.165) is 5.56 Å². The van der Waals surface area contributed by atoms with Crippen molar-refractivity contribution in [2.24, 2.45) is 0 Å². The number of carboxylic acid groups (broad SMARTS) is 2. The zero-order chi connectivity index (χ0) is 12.8. The van der Waals surface area contributed by atoms with Gasteiger partial charge in [0.15, 0.2) is 0 Å². The van der Waals surface area contributed by atoms with Crippen molar-refractivity contribution >= 4 is 27.9 Å². The van der Waals surface area contributed by atoms with Crippen molar-refractivity contribution in [2.45, 2.75) is 5.33 Å². The van der Waals surface area contributed by atoms with Crippen molar-refractivity contribution in [3.8, 4) is 5.75 Å². The normalized spacial score (nSPS) is 11.0. The van der Waals surface area contributed by atoms with E-state index in [4.69, 9.17) is 14.9 Å². The SMILES string of the molecule is O=C(O)/C=C(/Oc1ccccc1CBr)C(=O)O. The van der Waals surface area contributed by atoms with Gasteiger partial charge in [-0.25, -0.2) is 9.59 Å². The highest BCUT2D eigenvalue weighted by Crippen LogP contribution is 2.22. The van der Waals surface area contributed by atoms with Crippen LogP contribution in [0.3, 0.4) is 0 Å². The summed E-state index contributed by atoms with van der Waals surface area (Å²) in [6.07, 6.45) is 0.507. The molecule has 0 fully saturated rings. The Bertz CT molecular complexity index is 467. The molecule has 1 aromatic rings. The highest BCUT2D eigenvalue weighted by Gasteiger charge is 2.14. The Labute approximate surface area is 105 Å². The summed E-state index contributed by atoms with van der Waals surface area (Å²) in [4.78, 5) is 21.2. The molecule has 0 bridgehead atoms. The van der Waals surface area contributed by atoms with Crippen LogP contribution in [0.5, 0.6) is 5.75 Å². The largest absolute Gasteiger partial charge is 0.478 e. The number of hydrogen-bond acceptors (Lipinski definition) is 3. The summed E-state index contributed by atoms with van der Waals surface area (Å²) < 4.78 is 5.06. The minimum atomic E-state index is -1.43. The average molecular weight is 301 g/mol. The number of hydrogen-bond donors (Lipinski definition) is 2. The van der Waals surface area contributed by atoms with Gasteiger partial charge >= 0.3 is 11.9 Å². The number of rotatable bonds is 5. The lowest BCUT2D eigenvalue weighted by atomic mass is 10.2. The predicted molar refractivity (Wildman–Crippen MR) is 63.1 cm³/mol. The van der Waals surface area contributed by atoms with Crippen LogP contribution < -0.4 is 4.74 Å². The monoisotopic (exact) mass is 300 g/mol. The minimum Gasteiger partial charge on any atom is -0.478 e. The fourth-order valence-corrected chi connectivity index (χ4v) is 1.54. The molecule has 0 radical (unpaired) electrons. The summed E-state index contributed by atoms with van der Waals surface area (Å²) in [5.41, 5.74) is 0.727. The molecule has 0 saturated heterocycles. The Hall–Kier alpha value is -1.82. The van der Waals surface area contributed by atoms with E-state index in [1.165, 1.54) is 0 Å². The third-order valence-corrected chi connectivity index (χ3v) is 2.41. The Kier molecular flexibility index (Phi) is 4.71. The summed E-state index contributed by atoms with van der Waals surface area (Å²) in [5, 5.41) is 17.8. The van der Waals surface area contributed by atoms with Gasteiger partial charge in [-0.15, -0.1) is 0 Å². The van der Waals surface area contributed by atoms with Gasteiger partial charge in [0.1, 0.15) is 5.75 Å². The van der Waals surface area contributed by atoms with Gasteiger partial charge in [0.25, 0.3) is 0 Å². The first-order chi connectivity index (χ1) is 8.04. The van der Waals surface area contributed by atoms with Crippen molar-refractivity contribution in [3.05, 3.63) is 41.7 Å². The summed E-state index contributed by atoms with van der Waals surface area (Å²) >= 11 is 3.22. The predicted octanol–water partition coefficient (Wildman–Crippen LogP) is 2.01. The summed E-state index contributed by atoms with van der Waals surface area (Å²) in [7, 11) is 0. The van der Waals surface area contributed by atoms with Gasteiger partial charge in [-0.1, -0.05) is 34.1 Å². The molecule has 0 spiro atoms. The number of carboxylic acids is 2. The topological polar surface area (TPSA) is 83.8 Å². The van der Waals surface area contributed by atoms with E-state index in [0.29, 0.717) is 17.2 Å². The molecule has 90 valence electrons. The van der Waals surface area contributed by atoms with Crippen molar-refractivity contribution in [3.63, 3.8) is 0 Å². The summed E-state index contributed by atoms with van der Waals surface area (Å²) in [6.45, 7) is 0. The lowest BCUT2D eigenvalue weighted by Gasteiger charge is -2.08. The molecule has 0 aliphatic carbocycles. The second-order valence-electron chi connectivity index (χ2n) is 3.00. The summed E-state index contributed by atoms with van der Waals surface area (Å²) in [6, 6.07) is 6.74. The Morgan fingerprint density at radius 2 is 1.94 bits per heavy atom. The van der Waals surface area contributed by atoms with Crippen LogP contribution in [-0.4, -0.2) is 22.2 Å². The Morgan fingerprint density at radius 3 is 2.47 bits per heavy atom. The standard InChI is InChI=1S/C11H9BrO5/c12-6-7-3-1-2-4-8(7)17-9(11(15)16)5-10(13)14/h1-5H,6H2,(H,13,14)(H,15,16)/b9-5+. The molecule has 5 nitrogen and oxygen atoms in total. The molecular formula is C11H9BrO5. The molecule has 0 aromatic heterocycles. The molecule has 1 rings (SSSR count). The number of aliphatic carboxylic acids is 2. The van der Waals surface area contributed by atoms with Gasteiger partial charge in [-0.2, -0.15) is 0 Å². The van der Waals surface area contributed by atoms with Crippen LogP contribution in [0.25, 0.3) is 0 Å². The summed E-state index contributed by atoms with van der Waals surface area (Å²) in [5.74, 6) is -3.14. The molecule has 0 amide bonds. The molecule has 0 saturated carbocycles. The molecule has 0 heterocycles. The molecule has 1 aromatic carbocycles. The van der Waals surface area contributed by atoms with E-state index in [9.17, 15) is 9.59 Å². The molecule has 17 heavy (non-hydrogen) atoms. The van der Waals surface area contributed by atoms with Crippen LogP contribution in [0.1, 0.15) is 5.56 Å². The van der Waals surface area contributed by atoms with Gasteiger partial charge in [-0.3, -0.25) is 0 Å². The third-order valence-electron chi connectivity index (χ3n) is 1.80. The number of halogens is 1. The number of benzene rings is 1. The number of para-hydroxylation sites is 1. The molecule has 0 aliphatic rings. The lowest BCUT2D eigenvalue weighted by molar-refractivity contribution is -0.137. The number of carbonyl (C=O) groups is 2. The van der Waals surface area contributed by atoms with Crippen molar-refractivity contribution in [1.29, 1.82) is 0 Å². The molecular weight excluding hydrogens is 292 g/mol. The van der Waals surface area contributed by atoms with Gasteiger partial charge in [0.05, 0.1) is 6.08 Å². The molecule has 0 unspecified atom stereocenters. The number of ether oxygens (including phenoxy) is 1. The van der Waals surface area contributed by atoms with Crippen LogP contribution >= 0.6 is 15.9 Å². The van der Waals surface area contributed by atoms with Crippen molar-refractivity contribution < 1.29 is 24.5 Å². The first kappa shape index (κ1) is 13.2. The maximum atomic E-state index is 10.8. The third kappa shape index (κ3) is 3.92. The molecule has 6 heteroatoms. The van der Waals surface area contributed by atoms with Gasteiger partial charge in [0, 0.05) is 10.9 Å². The second kappa shape index (κ2) is 6.05. The second-order valence-corrected chi connectivity index (χ2v) is 3.56.